The molecule has 0 bridgehead atoms. The summed E-state index contributed by atoms with van der Waals surface area (Å²) in [6.07, 6.45) is 3.24. The third-order valence-electron chi connectivity index (χ3n) is 3.70. The van der Waals surface area contributed by atoms with Crippen LogP contribution in [0.15, 0.2) is 53.4 Å². The number of aromatic amines is 1. The molecule has 1 fully saturated rings. The number of amides is 1. The molecule has 23 heavy (non-hydrogen) atoms. The van der Waals surface area contributed by atoms with E-state index in [-0.39, 0.29) is 12.2 Å². The first-order valence-electron chi connectivity index (χ1n) is 7.36. The highest BCUT2D eigenvalue weighted by atomic mass is 16.6. The molecule has 1 saturated heterocycles. The Morgan fingerprint density at radius 3 is 3.04 bits per heavy atom. The van der Waals surface area contributed by atoms with Crippen molar-refractivity contribution in [3.8, 4) is 0 Å². The van der Waals surface area contributed by atoms with Gasteiger partial charge in [0.2, 0.25) is 0 Å². The van der Waals surface area contributed by atoms with Gasteiger partial charge in [-0.1, -0.05) is 30.3 Å². The minimum Gasteiger partial charge on any atom is -0.439 e. The van der Waals surface area contributed by atoms with E-state index in [1.807, 2.05) is 37.3 Å². The maximum atomic E-state index is 12.2. The highest BCUT2D eigenvalue weighted by Gasteiger charge is 2.35. The van der Waals surface area contributed by atoms with Crippen molar-refractivity contribution in [2.75, 3.05) is 11.4 Å². The number of allylic oxidation sites excluding steroid dienone is 1. The molecule has 1 atom stereocenters. The molecular weight excluding hydrogens is 292 g/mol. The second-order valence-corrected chi connectivity index (χ2v) is 5.43. The van der Waals surface area contributed by atoms with Crippen LogP contribution in [0, 0.1) is 0 Å². The van der Waals surface area contributed by atoms with Gasteiger partial charge in [0.1, 0.15) is 6.10 Å². The van der Waals surface area contributed by atoms with Crippen LogP contribution in [0.3, 0.4) is 0 Å². The van der Waals surface area contributed by atoms with E-state index < -0.39 is 0 Å². The van der Waals surface area contributed by atoms with Gasteiger partial charge in [0.25, 0.3) is 0 Å². The Morgan fingerprint density at radius 2 is 2.30 bits per heavy atom. The first-order chi connectivity index (χ1) is 11.2. The third kappa shape index (κ3) is 3.15. The van der Waals surface area contributed by atoms with Crippen LogP contribution in [-0.2, 0) is 11.2 Å². The summed E-state index contributed by atoms with van der Waals surface area (Å²) in [5, 5.41) is 0. The lowest BCUT2D eigenvalue weighted by Gasteiger charge is -2.12. The van der Waals surface area contributed by atoms with Crippen LogP contribution in [0.2, 0.25) is 0 Å². The number of nitrogens with zero attached hydrogens (tertiary/aromatic N) is 3. The lowest BCUT2D eigenvalue weighted by Crippen LogP contribution is -2.25. The van der Waals surface area contributed by atoms with Gasteiger partial charge in [-0.15, -0.1) is 0 Å². The standard InChI is InChI=1S/C17H18N4O2/c1-12(9-18-2)8-14-16(20-11-19-14)21-10-15(23-17(21)22)13-6-4-3-5-7-13/h3-7,9,11,15H,2,8,10H2,1H3,(H,19,20)/b12-9+. The van der Waals surface area contributed by atoms with Gasteiger partial charge in [-0.25, -0.2) is 9.78 Å². The lowest BCUT2D eigenvalue weighted by molar-refractivity contribution is 0.142. The van der Waals surface area contributed by atoms with E-state index in [1.54, 1.807) is 17.4 Å². The summed E-state index contributed by atoms with van der Waals surface area (Å²) in [5.74, 6) is 0.602. The molecule has 0 saturated carbocycles. The van der Waals surface area contributed by atoms with Crippen molar-refractivity contribution in [3.63, 3.8) is 0 Å². The van der Waals surface area contributed by atoms with E-state index >= 15 is 0 Å². The largest absolute Gasteiger partial charge is 0.439 e. The summed E-state index contributed by atoms with van der Waals surface area (Å²) in [5.41, 5.74) is 2.86. The molecule has 118 valence electrons. The summed E-state index contributed by atoms with van der Waals surface area (Å²) in [4.78, 5) is 24.9. The molecule has 1 unspecified atom stereocenters. The zero-order valence-electron chi connectivity index (χ0n) is 12.9. The summed E-state index contributed by atoms with van der Waals surface area (Å²) < 4.78 is 5.48. The number of nitrogens with one attached hydrogen (secondary N) is 1. The molecule has 1 aliphatic heterocycles. The Morgan fingerprint density at radius 1 is 1.52 bits per heavy atom. The highest BCUT2D eigenvalue weighted by molar-refractivity contribution is 5.89. The van der Waals surface area contributed by atoms with Crippen LogP contribution in [-0.4, -0.2) is 29.3 Å². The van der Waals surface area contributed by atoms with Gasteiger partial charge >= 0.3 is 6.09 Å². The summed E-state index contributed by atoms with van der Waals surface area (Å²) in [6, 6.07) is 9.71. The predicted octanol–water partition coefficient (Wildman–Crippen LogP) is 3.25. The normalized spacial score (nSPS) is 18.1. The number of cyclic esters (lactones) is 1. The zero-order chi connectivity index (χ0) is 16.2. The van der Waals surface area contributed by atoms with Crippen molar-refractivity contribution in [3.05, 3.63) is 59.7 Å². The van der Waals surface area contributed by atoms with Gasteiger partial charge in [-0.3, -0.25) is 9.89 Å². The van der Waals surface area contributed by atoms with Gasteiger partial charge in [-0.2, -0.15) is 0 Å². The number of hydrogen-bond donors (Lipinski definition) is 1. The van der Waals surface area contributed by atoms with Crippen molar-refractivity contribution >= 4 is 18.6 Å². The average Bonchev–Trinajstić information content (AvgIpc) is 3.14. The Labute approximate surface area is 134 Å². The van der Waals surface area contributed by atoms with Crippen LogP contribution in [0.4, 0.5) is 10.6 Å². The molecule has 0 radical (unpaired) electrons. The van der Waals surface area contributed by atoms with Gasteiger partial charge in [0, 0.05) is 12.6 Å². The second-order valence-electron chi connectivity index (χ2n) is 5.43. The SMILES string of the molecule is C=N/C=C(\C)Cc1[nH]cnc1N1CC(c2ccccc2)OC1=O. The first kappa shape index (κ1) is 15.0. The minimum absolute atomic E-state index is 0.278. The molecule has 1 aromatic heterocycles. The Hall–Kier alpha value is -2.89. The maximum absolute atomic E-state index is 12.2. The van der Waals surface area contributed by atoms with E-state index in [9.17, 15) is 4.79 Å². The first-order valence-corrected chi connectivity index (χ1v) is 7.36. The maximum Gasteiger partial charge on any atom is 0.416 e. The quantitative estimate of drug-likeness (QED) is 0.862. The molecule has 1 N–H and O–H groups in total. The smallest absolute Gasteiger partial charge is 0.416 e. The monoisotopic (exact) mass is 310 g/mol. The number of rotatable bonds is 5. The van der Waals surface area contributed by atoms with Crippen LogP contribution < -0.4 is 4.90 Å². The van der Waals surface area contributed by atoms with Gasteiger partial charge in [0.05, 0.1) is 18.6 Å². The fourth-order valence-electron chi connectivity index (χ4n) is 2.63. The summed E-state index contributed by atoms with van der Waals surface area (Å²) in [6.45, 7) is 5.85. The number of imidazole rings is 1. The fraction of sp³-hybridized carbons (Fsp3) is 0.235. The minimum atomic E-state index is -0.379. The van der Waals surface area contributed by atoms with E-state index in [0.717, 1.165) is 16.8 Å². The van der Waals surface area contributed by atoms with Crippen LogP contribution >= 0.6 is 0 Å². The van der Waals surface area contributed by atoms with Crippen molar-refractivity contribution in [2.24, 2.45) is 4.99 Å². The number of ether oxygens (including phenoxy) is 1. The third-order valence-corrected chi connectivity index (χ3v) is 3.70. The molecule has 1 aliphatic rings. The lowest BCUT2D eigenvalue weighted by atomic mass is 10.1. The number of carbonyl (C=O) groups excluding carboxylic acids is 1. The average molecular weight is 310 g/mol. The summed E-state index contributed by atoms with van der Waals surface area (Å²) in [7, 11) is 0. The molecule has 6 nitrogen and oxygen atoms in total. The number of H-pyrrole nitrogens is 1. The van der Waals surface area contributed by atoms with E-state index in [2.05, 4.69) is 21.7 Å². The van der Waals surface area contributed by atoms with Crippen molar-refractivity contribution in [2.45, 2.75) is 19.4 Å². The van der Waals surface area contributed by atoms with Gasteiger partial charge in [-0.05, 0) is 24.8 Å². The van der Waals surface area contributed by atoms with Gasteiger partial charge in [0.15, 0.2) is 5.82 Å². The molecule has 1 amide bonds. The molecule has 0 aliphatic carbocycles. The molecule has 2 heterocycles. The number of anilines is 1. The van der Waals surface area contributed by atoms with Crippen LogP contribution in [0.1, 0.15) is 24.3 Å². The van der Waals surface area contributed by atoms with Crippen molar-refractivity contribution < 1.29 is 9.53 Å². The molecule has 0 spiro atoms. The van der Waals surface area contributed by atoms with Crippen molar-refractivity contribution in [1.29, 1.82) is 0 Å². The predicted molar refractivity (Wildman–Crippen MR) is 88.6 cm³/mol. The van der Waals surface area contributed by atoms with E-state index in [1.165, 1.54) is 0 Å². The Balaban J connectivity index is 1.80. The topological polar surface area (TPSA) is 70.6 Å². The number of aromatic nitrogens is 2. The van der Waals surface area contributed by atoms with Gasteiger partial charge < -0.3 is 9.72 Å². The number of carbonyl (C=O) groups is 1. The van der Waals surface area contributed by atoms with Crippen LogP contribution in [0.5, 0.6) is 0 Å². The fourth-order valence-corrected chi connectivity index (χ4v) is 2.63. The van der Waals surface area contributed by atoms with E-state index in [0.29, 0.717) is 18.8 Å². The Kier molecular flexibility index (Phi) is 4.23. The second kappa shape index (κ2) is 6.48. The molecule has 2 aromatic rings. The van der Waals surface area contributed by atoms with Crippen LogP contribution in [0.25, 0.3) is 0 Å². The molecule has 1 aromatic carbocycles. The van der Waals surface area contributed by atoms with Crippen molar-refractivity contribution in [1.82, 2.24) is 9.97 Å². The summed E-state index contributed by atoms with van der Waals surface area (Å²) >= 11 is 0. The van der Waals surface area contributed by atoms with E-state index in [4.69, 9.17) is 4.74 Å². The number of benzene rings is 1. The zero-order valence-corrected chi connectivity index (χ0v) is 12.9. The molecule has 6 heteroatoms. The Bertz CT molecular complexity index is 736. The molecule has 3 rings (SSSR count). The molecular formula is C17H18N4O2. The number of aliphatic imine (C=N–C) groups is 1. The highest BCUT2D eigenvalue weighted by Crippen LogP contribution is 2.31. The number of hydrogen-bond acceptors (Lipinski definition) is 4.